The van der Waals surface area contributed by atoms with E-state index in [9.17, 15) is 27.6 Å². The summed E-state index contributed by atoms with van der Waals surface area (Å²) < 4.78 is 47.8. The molecule has 0 radical (unpaired) electrons. The number of alkyl halides is 3. The van der Waals surface area contributed by atoms with E-state index in [1.54, 1.807) is 18.2 Å². The highest BCUT2D eigenvalue weighted by Gasteiger charge is 2.30. The van der Waals surface area contributed by atoms with E-state index in [1.807, 2.05) is 0 Å². The van der Waals surface area contributed by atoms with Crippen molar-refractivity contribution in [2.24, 2.45) is 0 Å². The van der Waals surface area contributed by atoms with Crippen molar-refractivity contribution in [1.82, 2.24) is 0 Å². The molecule has 0 aromatic heterocycles. The van der Waals surface area contributed by atoms with Crippen LogP contribution in [0.4, 0.5) is 18.9 Å². The molecule has 0 aliphatic rings. The summed E-state index contributed by atoms with van der Waals surface area (Å²) in [5, 5.41) is 2.36. The summed E-state index contributed by atoms with van der Waals surface area (Å²) in [6, 6.07) is 10.1. The average molecular weight is 409 g/mol. The van der Waals surface area contributed by atoms with E-state index in [4.69, 9.17) is 9.47 Å². The van der Waals surface area contributed by atoms with Gasteiger partial charge in [0.15, 0.2) is 18.5 Å². The van der Waals surface area contributed by atoms with Crippen molar-refractivity contribution in [2.45, 2.75) is 26.1 Å². The number of hydrogen-bond acceptors (Lipinski definition) is 5. The van der Waals surface area contributed by atoms with Crippen LogP contribution in [0.25, 0.3) is 0 Å². The fraction of sp³-hybridized carbons (Fsp3) is 0.250. The summed E-state index contributed by atoms with van der Waals surface area (Å²) in [5.41, 5.74) is -0.302. The lowest BCUT2D eigenvalue weighted by Crippen LogP contribution is -2.31. The van der Waals surface area contributed by atoms with E-state index in [-0.39, 0.29) is 17.2 Å². The molecule has 9 heteroatoms. The molecule has 2 aromatic carbocycles. The summed E-state index contributed by atoms with van der Waals surface area (Å²) in [5.74, 6) is -1.41. The van der Waals surface area contributed by atoms with E-state index >= 15 is 0 Å². The number of hydrogen-bond donors (Lipinski definition) is 1. The van der Waals surface area contributed by atoms with Gasteiger partial charge in [-0.15, -0.1) is 0 Å². The molecule has 29 heavy (non-hydrogen) atoms. The Morgan fingerprint density at radius 3 is 2.31 bits per heavy atom. The Morgan fingerprint density at radius 1 is 1.07 bits per heavy atom. The summed E-state index contributed by atoms with van der Waals surface area (Å²) in [7, 11) is 0. The number of carbonyl (C=O) groups is 3. The number of ether oxygens (including phenoxy) is 2. The van der Waals surface area contributed by atoms with Crippen molar-refractivity contribution < 1.29 is 37.0 Å². The number of benzene rings is 2. The number of Topliss-reactive ketones (excluding diaryl/α,β-unsaturated/α-hetero) is 1. The summed E-state index contributed by atoms with van der Waals surface area (Å²) in [6.45, 7) is 2.22. The van der Waals surface area contributed by atoms with E-state index in [2.05, 4.69) is 5.32 Å². The van der Waals surface area contributed by atoms with Gasteiger partial charge in [-0.2, -0.15) is 13.2 Å². The lowest BCUT2D eigenvalue weighted by molar-refractivity contribution is -0.155. The van der Waals surface area contributed by atoms with Gasteiger partial charge in [0.1, 0.15) is 5.75 Å². The van der Waals surface area contributed by atoms with Crippen LogP contribution in [0.2, 0.25) is 0 Å². The summed E-state index contributed by atoms with van der Waals surface area (Å²) >= 11 is 0. The average Bonchev–Trinajstić information content (AvgIpc) is 2.66. The number of esters is 1. The van der Waals surface area contributed by atoms with E-state index in [1.165, 1.54) is 19.9 Å². The quantitative estimate of drug-likeness (QED) is 0.555. The van der Waals surface area contributed by atoms with Crippen LogP contribution in [0.1, 0.15) is 29.8 Å². The third kappa shape index (κ3) is 6.63. The lowest BCUT2D eigenvalue weighted by Gasteiger charge is -2.14. The molecule has 154 valence electrons. The Bertz CT molecular complexity index is 894. The molecule has 0 spiro atoms. The zero-order valence-corrected chi connectivity index (χ0v) is 15.6. The Morgan fingerprint density at radius 2 is 1.72 bits per heavy atom. The normalized spacial score (nSPS) is 12.0. The second-order valence-electron chi connectivity index (χ2n) is 6.07. The second kappa shape index (κ2) is 9.22. The van der Waals surface area contributed by atoms with Gasteiger partial charge in [-0.3, -0.25) is 9.59 Å². The smallest absolute Gasteiger partial charge is 0.416 e. The minimum Gasteiger partial charge on any atom is -0.482 e. The van der Waals surface area contributed by atoms with E-state index in [0.717, 1.165) is 24.3 Å². The zero-order valence-electron chi connectivity index (χ0n) is 15.6. The van der Waals surface area contributed by atoms with E-state index < -0.39 is 36.3 Å². The SMILES string of the molecule is CC(=O)c1cccc(OCC(=O)O[C@@H](C)C(=O)Nc2ccc(C(F)(F)F)cc2)c1. The fourth-order valence-electron chi connectivity index (χ4n) is 2.22. The monoisotopic (exact) mass is 409 g/mol. The number of anilines is 1. The molecular weight excluding hydrogens is 391 g/mol. The van der Waals surface area contributed by atoms with Crippen molar-refractivity contribution in [3.05, 3.63) is 59.7 Å². The number of halogens is 3. The van der Waals surface area contributed by atoms with Crippen LogP contribution in [0.15, 0.2) is 48.5 Å². The largest absolute Gasteiger partial charge is 0.482 e. The zero-order chi connectivity index (χ0) is 21.6. The molecular formula is C20H18F3NO5. The molecule has 6 nitrogen and oxygen atoms in total. The van der Waals surface area contributed by atoms with Gasteiger partial charge < -0.3 is 14.8 Å². The standard InChI is InChI=1S/C20H18F3NO5/c1-12(25)14-4-3-5-17(10-14)28-11-18(26)29-13(2)19(27)24-16-8-6-15(7-9-16)20(21,22)23/h3-10,13H,11H2,1-2H3,(H,24,27)/t13-/m0/s1. The molecule has 0 aliphatic carbocycles. The molecule has 1 amide bonds. The van der Waals surface area contributed by atoms with Gasteiger partial charge >= 0.3 is 12.1 Å². The van der Waals surface area contributed by atoms with Gasteiger partial charge in [-0.05, 0) is 50.2 Å². The highest BCUT2D eigenvalue weighted by atomic mass is 19.4. The summed E-state index contributed by atoms with van der Waals surface area (Å²) in [6.07, 6.45) is -5.67. The number of carbonyl (C=O) groups excluding carboxylic acids is 3. The predicted octanol–water partition coefficient (Wildman–Crippen LogP) is 3.86. The fourth-order valence-corrected chi connectivity index (χ4v) is 2.22. The van der Waals surface area contributed by atoms with Crippen LogP contribution >= 0.6 is 0 Å². The third-order valence-corrected chi connectivity index (χ3v) is 3.75. The topological polar surface area (TPSA) is 81.7 Å². The van der Waals surface area contributed by atoms with E-state index in [0.29, 0.717) is 5.56 Å². The predicted molar refractivity (Wildman–Crippen MR) is 97.6 cm³/mol. The maximum atomic E-state index is 12.5. The minimum atomic E-state index is -4.48. The number of amides is 1. The molecule has 1 N–H and O–H groups in total. The Balaban J connectivity index is 1.85. The van der Waals surface area contributed by atoms with Gasteiger partial charge in [0.05, 0.1) is 5.56 Å². The lowest BCUT2D eigenvalue weighted by atomic mass is 10.1. The third-order valence-electron chi connectivity index (χ3n) is 3.75. The molecule has 0 saturated heterocycles. The Kier molecular flexibility index (Phi) is 6.98. The van der Waals surface area contributed by atoms with Gasteiger partial charge in [0.2, 0.25) is 0 Å². The Labute approximate surface area is 164 Å². The highest BCUT2D eigenvalue weighted by Crippen LogP contribution is 2.29. The first kappa shape index (κ1) is 21.9. The molecule has 0 unspecified atom stereocenters. The maximum absolute atomic E-state index is 12.5. The first-order valence-electron chi connectivity index (χ1n) is 8.47. The molecule has 2 rings (SSSR count). The second-order valence-corrected chi connectivity index (χ2v) is 6.07. The van der Waals surface area contributed by atoms with Crippen LogP contribution in [-0.2, 0) is 20.5 Å². The molecule has 0 aliphatic heterocycles. The van der Waals surface area contributed by atoms with Crippen LogP contribution < -0.4 is 10.1 Å². The molecule has 1 atom stereocenters. The van der Waals surface area contributed by atoms with Crippen molar-refractivity contribution in [3.63, 3.8) is 0 Å². The van der Waals surface area contributed by atoms with Gasteiger partial charge in [0.25, 0.3) is 5.91 Å². The number of ketones is 1. The molecule has 0 bridgehead atoms. The van der Waals surface area contributed by atoms with Crippen LogP contribution in [0, 0.1) is 0 Å². The Hall–Kier alpha value is -3.36. The van der Waals surface area contributed by atoms with Crippen molar-refractivity contribution in [2.75, 3.05) is 11.9 Å². The maximum Gasteiger partial charge on any atom is 0.416 e. The van der Waals surface area contributed by atoms with Gasteiger partial charge in [0, 0.05) is 11.3 Å². The van der Waals surface area contributed by atoms with Crippen LogP contribution in [0.3, 0.4) is 0 Å². The molecule has 0 heterocycles. The number of nitrogens with one attached hydrogen (secondary N) is 1. The van der Waals surface area contributed by atoms with Crippen LogP contribution in [-0.4, -0.2) is 30.4 Å². The highest BCUT2D eigenvalue weighted by molar-refractivity contribution is 5.95. The van der Waals surface area contributed by atoms with Crippen LogP contribution in [0.5, 0.6) is 5.75 Å². The first-order chi connectivity index (χ1) is 13.6. The van der Waals surface area contributed by atoms with Gasteiger partial charge in [-0.25, -0.2) is 4.79 Å². The number of rotatable bonds is 7. The molecule has 2 aromatic rings. The molecule has 0 saturated carbocycles. The molecule has 0 fully saturated rings. The van der Waals surface area contributed by atoms with Crippen molar-refractivity contribution in [3.8, 4) is 5.75 Å². The van der Waals surface area contributed by atoms with Crippen molar-refractivity contribution in [1.29, 1.82) is 0 Å². The first-order valence-corrected chi connectivity index (χ1v) is 8.47. The van der Waals surface area contributed by atoms with Gasteiger partial charge in [-0.1, -0.05) is 12.1 Å². The van der Waals surface area contributed by atoms with Crippen molar-refractivity contribution >= 4 is 23.3 Å². The minimum absolute atomic E-state index is 0.128. The summed E-state index contributed by atoms with van der Waals surface area (Å²) in [4.78, 5) is 35.2.